The Morgan fingerprint density at radius 2 is 1.65 bits per heavy atom. The van der Waals surface area contributed by atoms with Gasteiger partial charge in [-0.2, -0.15) is 10.1 Å². The fourth-order valence-electron chi connectivity index (χ4n) is 2.07. The minimum atomic E-state index is -0.258. The van der Waals surface area contributed by atoms with Crippen molar-refractivity contribution in [1.82, 2.24) is 15.2 Å². The van der Waals surface area contributed by atoms with E-state index < -0.39 is 0 Å². The van der Waals surface area contributed by atoms with Gasteiger partial charge in [0.1, 0.15) is 5.82 Å². The first-order chi connectivity index (χ1) is 11.3. The third kappa shape index (κ3) is 4.23. The monoisotopic (exact) mass is 309 g/mol. The van der Waals surface area contributed by atoms with Crippen LogP contribution in [0.1, 0.15) is 11.1 Å². The molecule has 0 spiro atoms. The molecule has 2 N–H and O–H groups in total. The van der Waals surface area contributed by atoms with E-state index in [1.54, 1.807) is 24.4 Å². The maximum atomic E-state index is 13.6. The lowest BCUT2D eigenvalue weighted by molar-refractivity contribution is 0.612. The summed E-state index contributed by atoms with van der Waals surface area (Å²) in [5.41, 5.74) is 1.70. The standard InChI is InChI=1S/C17H16FN5/c18-15-9-5-4-8-14(15)11-20-17-22-16(12-21-23-17)19-10-13-6-2-1-3-7-13/h1-9,12H,10-11H2,(H2,19,20,22,23). The summed E-state index contributed by atoms with van der Waals surface area (Å²) < 4.78 is 13.6. The maximum Gasteiger partial charge on any atom is 0.244 e. The molecular weight excluding hydrogens is 293 g/mol. The molecule has 0 aliphatic heterocycles. The van der Waals surface area contributed by atoms with Gasteiger partial charge >= 0.3 is 0 Å². The molecule has 0 aliphatic rings. The minimum absolute atomic E-state index is 0.258. The van der Waals surface area contributed by atoms with Crippen LogP contribution in [-0.2, 0) is 13.1 Å². The summed E-state index contributed by atoms with van der Waals surface area (Å²) in [6.07, 6.45) is 1.55. The third-order valence-corrected chi connectivity index (χ3v) is 3.27. The van der Waals surface area contributed by atoms with E-state index in [0.717, 1.165) is 5.56 Å². The van der Waals surface area contributed by atoms with Crippen molar-refractivity contribution < 1.29 is 4.39 Å². The average Bonchev–Trinajstić information content (AvgIpc) is 2.61. The lowest BCUT2D eigenvalue weighted by atomic mass is 10.2. The van der Waals surface area contributed by atoms with Gasteiger partial charge in [-0.25, -0.2) is 4.39 Å². The molecule has 0 unspecified atom stereocenters. The Bertz CT molecular complexity index is 764. The van der Waals surface area contributed by atoms with Crippen LogP contribution in [0, 0.1) is 5.82 Å². The summed E-state index contributed by atoms with van der Waals surface area (Å²) in [4.78, 5) is 4.31. The van der Waals surface area contributed by atoms with Crippen LogP contribution in [0.2, 0.25) is 0 Å². The molecule has 6 heteroatoms. The number of hydrogen-bond acceptors (Lipinski definition) is 5. The number of hydrogen-bond donors (Lipinski definition) is 2. The van der Waals surface area contributed by atoms with Gasteiger partial charge in [0, 0.05) is 18.7 Å². The van der Waals surface area contributed by atoms with Crippen molar-refractivity contribution in [3.8, 4) is 0 Å². The highest BCUT2D eigenvalue weighted by Crippen LogP contribution is 2.10. The first kappa shape index (κ1) is 14.9. The Balaban J connectivity index is 1.60. The molecule has 3 rings (SSSR count). The number of nitrogens with zero attached hydrogens (tertiary/aromatic N) is 3. The lowest BCUT2D eigenvalue weighted by Gasteiger charge is -2.08. The molecule has 0 aliphatic carbocycles. The molecule has 0 bridgehead atoms. The first-order valence-corrected chi connectivity index (χ1v) is 7.26. The van der Waals surface area contributed by atoms with Crippen molar-refractivity contribution in [1.29, 1.82) is 0 Å². The molecule has 5 nitrogen and oxygen atoms in total. The van der Waals surface area contributed by atoms with Crippen LogP contribution in [-0.4, -0.2) is 15.2 Å². The molecule has 116 valence electrons. The number of nitrogens with one attached hydrogen (secondary N) is 2. The Labute approximate surface area is 133 Å². The zero-order chi connectivity index (χ0) is 15.9. The predicted molar refractivity (Wildman–Crippen MR) is 87.3 cm³/mol. The quantitative estimate of drug-likeness (QED) is 0.732. The normalized spacial score (nSPS) is 10.3. The molecule has 0 saturated heterocycles. The minimum Gasteiger partial charge on any atom is -0.365 e. The molecule has 23 heavy (non-hydrogen) atoms. The molecule has 0 amide bonds. The molecule has 0 fully saturated rings. The molecule has 0 saturated carbocycles. The molecular formula is C17H16FN5. The van der Waals surface area contributed by atoms with Gasteiger partial charge in [-0.05, 0) is 11.6 Å². The summed E-state index contributed by atoms with van der Waals surface area (Å²) >= 11 is 0. The van der Waals surface area contributed by atoms with Crippen LogP contribution in [0.4, 0.5) is 16.2 Å². The van der Waals surface area contributed by atoms with E-state index in [-0.39, 0.29) is 5.82 Å². The largest absolute Gasteiger partial charge is 0.365 e. The van der Waals surface area contributed by atoms with Crippen LogP contribution >= 0.6 is 0 Å². The van der Waals surface area contributed by atoms with Crippen LogP contribution in [0.15, 0.2) is 60.8 Å². The Morgan fingerprint density at radius 1 is 0.870 bits per heavy atom. The second kappa shape index (κ2) is 7.31. The average molecular weight is 309 g/mol. The van der Waals surface area contributed by atoms with E-state index in [9.17, 15) is 4.39 Å². The summed E-state index contributed by atoms with van der Waals surface area (Å²) in [6.45, 7) is 0.947. The number of benzene rings is 2. The van der Waals surface area contributed by atoms with Crippen molar-refractivity contribution in [3.05, 3.63) is 77.7 Å². The van der Waals surface area contributed by atoms with Gasteiger partial charge in [-0.1, -0.05) is 48.5 Å². The van der Waals surface area contributed by atoms with Gasteiger partial charge in [0.05, 0.1) is 6.20 Å². The van der Waals surface area contributed by atoms with Crippen molar-refractivity contribution in [2.24, 2.45) is 0 Å². The molecule has 2 aromatic carbocycles. The smallest absolute Gasteiger partial charge is 0.244 e. The van der Waals surface area contributed by atoms with Gasteiger partial charge in [0.25, 0.3) is 0 Å². The van der Waals surface area contributed by atoms with E-state index >= 15 is 0 Å². The fraction of sp³-hybridized carbons (Fsp3) is 0.118. The number of halogens is 1. The molecule has 3 aromatic rings. The summed E-state index contributed by atoms with van der Waals surface area (Å²) in [5.74, 6) is 0.706. The first-order valence-electron chi connectivity index (χ1n) is 7.26. The summed E-state index contributed by atoms with van der Waals surface area (Å²) in [7, 11) is 0. The number of rotatable bonds is 6. The third-order valence-electron chi connectivity index (χ3n) is 3.27. The number of anilines is 2. The van der Waals surface area contributed by atoms with Crippen molar-refractivity contribution >= 4 is 11.8 Å². The van der Waals surface area contributed by atoms with E-state index in [4.69, 9.17) is 0 Å². The van der Waals surface area contributed by atoms with Crippen molar-refractivity contribution in [2.45, 2.75) is 13.1 Å². The zero-order valence-corrected chi connectivity index (χ0v) is 12.4. The predicted octanol–water partition coefficient (Wildman–Crippen LogP) is 3.23. The van der Waals surface area contributed by atoms with Crippen LogP contribution in [0.3, 0.4) is 0 Å². The van der Waals surface area contributed by atoms with Gasteiger partial charge in [0.2, 0.25) is 5.95 Å². The van der Waals surface area contributed by atoms with Crippen molar-refractivity contribution in [3.63, 3.8) is 0 Å². The van der Waals surface area contributed by atoms with E-state index in [2.05, 4.69) is 25.8 Å². The maximum absolute atomic E-state index is 13.6. The van der Waals surface area contributed by atoms with Gasteiger partial charge in [-0.3, -0.25) is 0 Å². The second-order valence-corrected chi connectivity index (χ2v) is 4.95. The lowest BCUT2D eigenvalue weighted by Crippen LogP contribution is -2.08. The fourth-order valence-corrected chi connectivity index (χ4v) is 2.07. The van der Waals surface area contributed by atoms with Crippen LogP contribution in [0.25, 0.3) is 0 Å². The van der Waals surface area contributed by atoms with Crippen LogP contribution < -0.4 is 10.6 Å². The zero-order valence-electron chi connectivity index (χ0n) is 12.4. The Kier molecular flexibility index (Phi) is 4.73. The highest BCUT2D eigenvalue weighted by Gasteiger charge is 2.03. The molecule has 1 aromatic heterocycles. The van der Waals surface area contributed by atoms with E-state index in [1.165, 1.54) is 6.07 Å². The van der Waals surface area contributed by atoms with Crippen LogP contribution in [0.5, 0.6) is 0 Å². The van der Waals surface area contributed by atoms with Gasteiger partial charge in [0.15, 0.2) is 5.82 Å². The van der Waals surface area contributed by atoms with Crippen molar-refractivity contribution in [2.75, 3.05) is 10.6 Å². The SMILES string of the molecule is Fc1ccccc1CNc1nncc(NCc2ccccc2)n1. The molecule has 0 radical (unpaired) electrons. The molecule has 1 heterocycles. The molecule has 0 atom stereocenters. The number of aromatic nitrogens is 3. The van der Waals surface area contributed by atoms with Gasteiger partial charge < -0.3 is 10.6 Å². The Hall–Kier alpha value is -3.02. The topological polar surface area (TPSA) is 62.7 Å². The summed E-state index contributed by atoms with van der Waals surface area (Å²) in [5, 5.41) is 14.0. The second-order valence-electron chi connectivity index (χ2n) is 4.95. The Morgan fingerprint density at radius 3 is 2.48 bits per heavy atom. The summed E-state index contributed by atoms with van der Waals surface area (Å²) in [6, 6.07) is 16.6. The highest BCUT2D eigenvalue weighted by molar-refractivity contribution is 5.38. The highest BCUT2D eigenvalue weighted by atomic mass is 19.1. The van der Waals surface area contributed by atoms with E-state index in [1.807, 2.05) is 30.3 Å². The van der Waals surface area contributed by atoms with E-state index in [0.29, 0.717) is 30.4 Å². The van der Waals surface area contributed by atoms with Gasteiger partial charge in [-0.15, -0.1) is 5.10 Å².